The van der Waals surface area contributed by atoms with Crippen molar-refractivity contribution in [2.75, 3.05) is 18.8 Å². The zero-order valence-corrected chi connectivity index (χ0v) is 14.3. The predicted molar refractivity (Wildman–Crippen MR) is 93.8 cm³/mol. The van der Waals surface area contributed by atoms with Crippen LogP contribution in [0.4, 0.5) is 0 Å². The summed E-state index contributed by atoms with van der Waals surface area (Å²) in [5.74, 6) is -0.396. The van der Waals surface area contributed by atoms with Gasteiger partial charge in [-0.05, 0) is 5.56 Å². The molecule has 0 aliphatic carbocycles. The van der Waals surface area contributed by atoms with E-state index in [1.54, 1.807) is 6.92 Å². The summed E-state index contributed by atoms with van der Waals surface area (Å²) in [6, 6.07) is 9.37. The third-order valence-corrected chi connectivity index (χ3v) is 4.63. The maximum atomic E-state index is 12.3. The van der Waals surface area contributed by atoms with Crippen LogP contribution in [0.1, 0.15) is 12.5 Å². The number of nitrogens with two attached hydrogens (primary N) is 1. The van der Waals surface area contributed by atoms with E-state index in [9.17, 15) is 14.4 Å². The molecule has 7 heteroatoms. The van der Waals surface area contributed by atoms with E-state index in [0.717, 1.165) is 5.56 Å². The van der Waals surface area contributed by atoms with Crippen LogP contribution in [0.25, 0.3) is 0 Å². The van der Waals surface area contributed by atoms with Gasteiger partial charge in [-0.1, -0.05) is 37.3 Å². The second kappa shape index (κ2) is 8.65. The molecule has 3 N–H and O–H groups in total. The Morgan fingerprint density at radius 3 is 2.67 bits per heavy atom. The molecular weight excluding hydrogens is 326 g/mol. The molecule has 6 nitrogen and oxygen atoms in total. The lowest BCUT2D eigenvalue weighted by atomic mass is 10.2. The largest absolute Gasteiger partial charge is 0.355 e. The zero-order chi connectivity index (χ0) is 17.5. The summed E-state index contributed by atoms with van der Waals surface area (Å²) in [5.41, 5.74) is 6.33. The molecule has 0 saturated heterocycles. The molecule has 0 fully saturated rings. The topological polar surface area (TPSA) is 92.5 Å². The van der Waals surface area contributed by atoms with Gasteiger partial charge in [-0.25, -0.2) is 0 Å². The van der Waals surface area contributed by atoms with E-state index in [-0.39, 0.29) is 30.2 Å². The van der Waals surface area contributed by atoms with Crippen molar-refractivity contribution >= 4 is 29.5 Å². The molecule has 1 aliphatic rings. The third kappa shape index (κ3) is 4.69. The van der Waals surface area contributed by atoms with Crippen LogP contribution in [0, 0.1) is 5.92 Å². The number of carbonyl (C=O) groups excluding carboxylic acids is 3. The molecule has 1 atom stereocenters. The van der Waals surface area contributed by atoms with Crippen molar-refractivity contribution in [3.8, 4) is 0 Å². The van der Waals surface area contributed by atoms with Crippen LogP contribution >= 0.6 is 11.8 Å². The Kier molecular flexibility index (Phi) is 6.57. The Hall–Kier alpha value is -2.12. The lowest BCUT2D eigenvalue weighted by Crippen LogP contribution is -2.34. The molecule has 1 unspecified atom stereocenters. The molecule has 0 bridgehead atoms. The summed E-state index contributed by atoms with van der Waals surface area (Å²) < 4.78 is 0. The Balaban J connectivity index is 1.81. The van der Waals surface area contributed by atoms with Gasteiger partial charge in [0, 0.05) is 30.8 Å². The van der Waals surface area contributed by atoms with Gasteiger partial charge in [0.15, 0.2) is 0 Å². The number of amides is 3. The van der Waals surface area contributed by atoms with Crippen LogP contribution in [0.5, 0.6) is 0 Å². The van der Waals surface area contributed by atoms with Crippen LogP contribution in [0.3, 0.4) is 0 Å². The SMILES string of the molecule is CC(CN)C(=O)NCCSC1=CC(=O)N(Cc2ccccc2)C1=O. The molecule has 24 heavy (non-hydrogen) atoms. The van der Waals surface area contributed by atoms with Gasteiger partial charge in [0.25, 0.3) is 11.8 Å². The average Bonchev–Trinajstić information content (AvgIpc) is 2.86. The highest BCUT2D eigenvalue weighted by molar-refractivity contribution is 8.04. The highest BCUT2D eigenvalue weighted by Crippen LogP contribution is 2.25. The van der Waals surface area contributed by atoms with Crippen LogP contribution < -0.4 is 11.1 Å². The van der Waals surface area contributed by atoms with Crippen LogP contribution in [-0.2, 0) is 20.9 Å². The van der Waals surface area contributed by atoms with Gasteiger partial charge in [-0.15, -0.1) is 11.8 Å². The fourth-order valence-corrected chi connectivity index (χ4v) is 2.96. The van der Waals surface area contributed by atoms with Crippen molar-refractivity contribution in [1.29, 1.82) is 0 Å². The lowest BCUT2D eigenvalue weighted by molar-refractivity contribution is -0.137. The zero-order valence-electron chi connectivity index (χ0n) is 13.5. The molecule has 1 aliphatic heterocycles. The standard InChI is InChI=1S/C17H21N3O3S/c1-12(10-18)16(22)19-7-8-24-14-9-15(21)20(17(14)23)11-13-5-3-2-4-6-13/h2-6,9,12H,7-8,10-11,18H2,1H3,(H,19,22). The predicted octanol–water partition coefficient (Wildman–Crippen LogP) is 0.884. The number of nitrogens with one attached hydrogen (secondary N) is 1. The van der Waals surface area contributed by atoms with Crippen molar-refractivity contribution < 1.29 is 14.4 Å². The second-order valence-corrected chi connectivity index (χ2v) is 6.64. The van der Waals surface area contributed by atoms with Crippen molar-refractivity contribution in [2.45, 2.75) is 13.5 Å². The summed E-state index contributed by atoms with van der Waals surface area (Å²) in [7, 11) is 0. The van der Waals surface area contributed by atoms with Gasteiger partial charge in [0.05, 0.1) is 11.4 Å². The average molecular weight is 347 g/mol. The second-order valence-electron chi connectivity index (χ2n) is 5.50. The van der Waals surface area contributed by atoms with Gasteiger partial charge in [-0.2, -0.15) is 0 Å². The molecule has 1 aromatic carbocycles. The van der Waals surface area contributed by atoms with E-state index < -0.39 is 0 Å². The minimum atomic E-state index is -0.299. The highest BCUT2D eigenvalue weighted by atomic mass is 32.2. The fraction of sp³-hybridized carbons (Fsp3) is 0.353. The molecule has 1 heterocycles. The number of imide groups is 1. The van der Waals surface area contributed by atoms with Crippen molar-refractivity contribution in [3.63, 3.8) is 0 Å². The number of rotatable bonds is 8. The molecular formula is C17H21N3O3S. The lowest BCUT2D eigenvalue weighted by Gasteiger charge is -2.14. The molecule has 0 aromatic heterocycles. The van der Waals surface area contributed by atoms with Crippen LogP contribution in [-0.4, -0.2) is 41.5 Å². The summed E-state index contributed by atoms with van der Waals surface area (Å²) >= 11 is 1.27. The first-order valence-electron chi connectivity index (χ1n) is 7.75. The first-order chi connectivity index (χ1) is 11.5. The first-order valence-corrected chi connectivity index (χ1v) is 8.73. The van der Waals surface area contributed by atoms with E-state index in [0.29, 0.717) is 23.7 Å². The maximum absolute atomic E-state index is 12.3. The van der Waals surface area contributed by atoms with Gasteiger partial charge in [0.1, 0.15) is 0 Å². The van der Waals surface area contributed by atoms with Crippen molar-refractivity contribution in [1.82, 2.24) is 10.2 Å². The normalized spacial score (nSPS) is 15.4. The number of benzene rings is 1. The minimum absolute atomic E-state index is 0.105. The Morgan fingerprint density at radius 1 is 1.29 bits per heavy atom. The summed E-state index contributed by atoms with van der Waals surface area (Å²) in [6.07, 6.45) is 1.36. The third-order valence-electron chi connectivity index (χ3n) is 3.62. The number of hydrogen-bond donors (Lipinski definition) is 2. The number of thioether (sulfide) groups is 1. The minimum Gasteiger partial charge on any atom is -0.355 e. The van der Waals surface area contributed by atoms with E-state index in [2.05, 4.69) is 5.32 Å². The fourth-order valence-electron chi connectivity index (χ4n) is 2.12. The van der Waals surface area contributed by atoms with Crippen molar-refractivity contribution in [2.24, 2.45) is 11.7 Å². The quantitative estimate of drug-likeness (QED) is 0.538. The number of nitrogens with zero attached hydrogens (tertiary/aromatic N) is 1. The molecule has 0 radical (unpaired) electrons. The molecule has 0 spiro atoms. The van der Waals surface area contributed by atoms with Gasteiger partial charge >= 0.3 is 0 Å². The Bertz CT molecular complexity index is 646. The van der Waals surface area contributed by atoms with E-state index >= 15 is 0 Å². The maximum Gasteiger partial charge on any atom is 0.267 e. The van der Waals surface area contributed by atoms with Gasteiger partial charge in [-0.3, -0.25) is 19.3 Å². The molecule has 128 valence electrons. The van der Waals surface area contributed by atoms with Crippen molar-refractivity contribution in [3.05, 3.63) is 46.9 Å². The number of hydrogen-bond acceptors (Lipinski definition) is 5. The Labute approximate surface area is 145 Å². The van der Waals surface area contributed by atoms with E-state index in [1.807, 2.05) is 30.3 Å². The highest BCUT2D eigenvalue weighted by Gasteiger charge is 2.31. The molecule has 0 saturated carbocycles. The first kappa shape index (κ1) is 18.2. The molecule has 2 rings (SSSR count). The summed E-state index contributed by atoms with van der Waals surface area (Å²) in [5, 5.41) is 2.76. The van der Waals surface area contributed by atoms with Crippen LogP contribution in [0.2, 0.25) is 0 Å². The molecule has 3 amide bonds. The summed E-state index contributed by atoms with van der Waals surface area (Å²) in [4.78, 5) is 37.6. The van der Waals surface area contributed by atoms with Crippen LogP contribution in [0.15, 0.2) is 41.3 Å². The Morgan fingerprint density at radius 2 is 2.00 bits per heavy atom. The molecule has 1 aromatic rings. The van der Waals surface area contributed by atoms with Gasteiger partial charge < -0.3 is 11.1 Å². The van der Waals surface area contributed by atoms with E-state index in [4.69, 9.17) is 5.73 Å². The van der Waals surface area contributed by atoms with Gasteiger partial charge in [0.2, 0.25) is 5.91 Å². The smallest absolute Gasteiger partial charge is 0.267 e. The van der Waals surface area contributed by atoms with E-state index in [1.165, 1.54) is 22.7 Å². The summed E-state index contributed by atoms with van der Waals surface area (Å²) in [6.45, 7) is 2.74. The monoisotopic (exact) mass is 347 g/mol. The number of carbonyl (C=O) groups is 3.